The normalized spacial score (nSPS) is 26.2. The monoisotopic (exact) mass is 282 g/mol. The van der Waals surface area contributed by atoms with Crippen molar-refractivity contribution in [1.29, 1.82) is 0 Å². The quantitative estimate of drug-likeness (QED) is 0.809. The lowest BCUT2D eigenvalue weighted by Gasteiger charge is -2.51. The number of piperazine rings is 1. The Morgan fingerprint density at radius 3 is 2.20 bits per heavy atom. The molecule has 1 fully saturated rings. The lowest BCUT2D eigenvalue weighted by Crippen LogP contribution is -2.63. The topological polar surface area (TPSA) is 15.3 Å². The largest absolute Gasteiger partial charge is 0.311 e. The summed E-state index contributed by atoms with van der Waals surface area (Å²) in [4.78, 5) is 2.79. The van der Waals surface area contributed by atoms with Gasteiger partial charge in [-0.2, -0.15) is 0 Å². The zero-order valence-corrected chi connectivity index (χ0v) is 15.2. The van der Waals surface area contributed by atoms with E-state index in [0.717, 1.165) is 12.5 Å². The van der Waals surface area contributed by atoms with E-state index in [0.29, 0.717) is 17.5 Å². The fourth-order valence-electron chi connectivity index (χ4n) is 4.10. The minimum absolute atomic E-state index is 0.288. The van der Waals surface area contributed by atoms with Gasteiger partial charge >= 0.3 is 0 Å². The second-order valence-electron chi connectivity index (χ2n) is 9.00. The van der Waals surface area contributed by atoms with Gasteiger partial charge in [-0.3, -0.25) is 4.90 Å². The van der Waals surface area contributed by atoms with Crippen LogP contribution in [0.1, 0.15) is 74.7 Å². The summed E-state index contributed by atoms with van der Waals surface area (Å²) in [5.74, 6) is 0.776. The van der Waals surface area contributed by atoms with Crippen LogP contribution in [0.25, 0.3) is 0 Å². The molecule has 0 aromatic rings. The first-order valence-corrected chi connectivity index (χ1v) is 8.55. The number of rotatable bonds is 5. The summed E-state index contributed by atoms with van der Waals surface area (Å²) in [6, 6.07) is 1.35. The smallest absolute Gasteiger partial charge is 0.0224 e. The van der Waals surface area contributed by atoms with Crippen LogP contribution in [-0.2, 0) is 0 Å². The van der Waals surface area contributed by atoms with Gasteiger partial charge in [0.1, 0.15) is 0 Å². The second-order valence-corrected chi connectivity index (χ2v) is 9.00. The van der Waals surface area contributed by atoms with Crippen molar-refractivity contribution in [2.45, 2.75) is 92.3 Å². The molecule has 2 heteroatoms. The van der Waals surface area contributed by atoms with E-state index in [2.05, 4.69) is 65.6 Å². The van der Waals surface area contributed by atoms with Crippen molar-refractivity contribution in [2.75, 3.05) is 13.1 Å². The average Bonchev–Trinajstić information content (AvgIpc) is 2.25. The van der Waals surface area contributed by atoms with Crippen LogP contribution >= 0.6 is 0 Å². The number of nitrogens with zero attached hydrogens (tertiary/aromatic N) is 1. The van der Waals surface area contributed by atoms with Crippen molar-refractivity contribution in [3.8, 4) is 0 Å². The van der Waals surface area contributed by atoms with Crippen LogP contribution in [0.15, 0.2) is 0 Å². The number of nitrogens with one attached hydrogen (secondary N) is 1. The summed E-state index contributed by atoms with van der Waals surface area (Å²) in [6.45, 7) is 21.3. The van der Waals surface area contributed by atoms with Gasteiger partial charge in [-0.05, 0) is 44.4 Å². The van der Waals surface area contributed by atoms with Gasteiger partial charge in [0.2, 0.25) is 0 Å². The van der Waals surface area contributed by atoms with E-state index in [9.17, 15) is 0 Å². The van der Waals surface area contributed by atoms with E-state index in [4.69, 9.17) is 0 Å². The van der Waals surface area contributed by atoms with Gasteiger partial charge < -0.3 is 5.32 Å². The predicted octanol–water partition coefficient (Wildman–Crippen LogP) is 4.30. The molecule has 1 aliphatic rings. The standard InChI is InChI=1S/C18H38N2/c1-9-16-11-19-15(10-14(2)3)12-20(16)18(7,8)13-17(4,5)6/h14-16,19H,9-13H2,1-8H3. The average molecular weight is 283 g/mol. The van der Waals surface area contributed by atoms with Crippen molar-refractivity contribution in [3.63, 3.8) is 0 Å². The summed E-state index contributed by atoms with van der Waals surface area (Å²) < 4.78 is 0. The molecule has 0 aromatic carbocycles. The summed E-state index contributed by atoms with van der Waals surface area (Å²) in [7, 11) is 0. The highest BCUT2D eigenvalue weighted by atomic mass is 15.3. The number of hydrogen-bond acceptors (Lipinski definition) is 2. The van der Waals surface area contributed by atoms with Crippen LogP contribution in [0.4, 0.5) is 0 Å². The van der Waals surface area contributed by atoms with Gasteiger partial charge in [0.15, 0.2) is 0 Å². The fourth-order valence-corrected chi connectivity index (χ4v) is 4.10. The van der Waals surface area contributed by atoms with Crippen LogP contribution in [0.5, 0.6) is 0 Å². The van der Waals surface area contributed by atoms with E-state index < -0.39 is 0 Å². The molecule has 0 bridgehead atoms. The molecule has 0 aliphatic carbocycles. The van der Waals surface area contributed by atoms with Gasteiger partial charge in [0, 0.05) is 30.7 Å². The first-order chi connectivity index (χ1) is 9.05. The highest BCUT2D eigenvalue weighted by Gasteiger charge is 2.38. The van der Waals surface area contributed by atoms with Gasteiger partial charge in [-0.15, -0.1) is 0 Å². The molecular weight excluding hydrogens is 244 g/mol. The Kier molecular flexibility index (Phi) is 6.10. The summed E-state index contributed by atoms with van der Waals surface area (Å²) >= 11 is 0. The molecule has 20 heavy (non-hydrogen) atoms. The SMILES string of the molecule is CCC1CNC(CC(C)C)CN1C(C)(C)CC(C)(C)C. The third-order valence-corrected chi connectivity index (χ3v) is 4.47. The maximum absolute atomic E-state index is 3.77. The summed E-state index contributed by atoms with van der Waals surface area (Å²) in [6.07, 6.45) is 3.79. The van der Waals surface area contributed by atoms with Crippen molar-refractivity contribution >= 4 is 0 Å². The first kappa shape index (κ1) is 18.0. The van der Waals surface area contributed by atoms with E-state index >= 15 is 0 Å². The fraction of sp³-hybridized carbons (Fsp3) is 1.00. The lowest BCUT2D eigenvalue weighted by molar-refractivity contribution is 0.00250. The third kappa shape index (κ3) is 5.37. The zero-order chi connectivity index (χ0) is 15.6. The summed E-state index contributed by atoms with van der Waals surface area (Å²) in [5.41, 5.74) is 0.677. The van der Waals surface area contributed by atoms with E-state index in [1.807, 2.05) is 0 Å². The van der Waals surface area contributed by atoms with Crippen molar-refractivity contribution in [1.82, 2.24) is 10.2 Å². The minimum Gasteiger partial charge on any atom is -0.311 e. The molecule has 0 radical (unpaired) electrons. The van der Waals surface area contributed by atoms with Gasteiger partial charge in [-0.1, -0.05) is 41.5 Å². The predicted molar refractivity (Wildman–Crippen MR) is 90.2 cm³/mol. The molecule has 0 spiro atoms. The Morgan fingerprint density at radius 2 is 1.75 bits per heavy atom. The zero-order valence-electron chi connectivity index (χ0n) is 15.2. The van der Waals surface area contributed by atoms with Crippen molar-refractivity contribution in [3.05, 3.63) is 0 Å². The van der Waals surface area contributed by atoms with Crippen LogP contribution in [0.2, 0.25) is 0 Å². The molecule has 2 nitrogen and oxygen atoms in total. The van der Waals surface area contributed by atoms with E-state index in [-0.39, 0.29) is 5.54 Å². The first-order valence-electron chi connectivity index (χ1n) is 8.55. The van der Waals surface area contributed by atoms with Crippen LogP contribution in [0, 0.1) is 11.3 Å². The van der Waals surface area contributed by atoms with Crippen molar-refractivity contribution in [2.24, 2.45) is 11.3 Å². The Bertz CT molecular complexity index is 288. The highest BCUT2D eigenvalue weighted by molar-refractivity contribution is 4.95. The van der Waals surface area contributed by atoms with Crippen LogP contribution in [0.3, 0.4) is 0 Å². The molecule has 2 atom stereocenters. The van der Waals surface area contributed by atoms with E-state index in [1.54, 1.807) is 0 Å². The molecular formula is C18H38N2. The molecule has 0 aromatic heterocycles. The Balaban J connectivity index is 2.79. The maximum Gasteiger partial charge on any atom is 0.0224 e. The molecule has 1 saturated heterocycles. The van der Waals surface area contributed by atoms with Crippen molar-refractivity contribution < 1.29 is 0 Å². The molecule has 1 N–H and O–H groups in total. The van der Waals surface area contributed by atoms with Gasteiger partial charge in [0.25, 0.3) is 0 Å². The minimum atomic E-state index is 0.288. The van der Waals surface area contributed by atoms with Crippen LogP contribution < -0.4 is 5.32 Å². The van der Waals surface area contributed by atoms with Gasteiger partial charge in [-0.25, -0.2) is 0 Å². The van der Waals surface area contributed by atoms with E-state index in [1.165, 1.54) is 25.8 Å². The number of hydrogen-bond donors (Lipinski definition) is 1. The molecule has 1 heterocycles. The Labute approximate surface area is 127 Å². The molecule has 1 aliphatic heterocycles. The third-order valence-electron chi connectivity index (χ3n) is 4.47. The molecule has 0 saturated carbocycles. The summed E-state index contributed by atoms with van der Waals surface area (Å²) in [5, 5.41) is 3.77. The second kappa shape index (κ2) is 6.79. The Hall–Kier alpha value is -0.0800. The Morgan fingerprint density at radius 1 is 1.15 bits per heavy atom. The lowest BCUT2D eigenvalue weighted by atomic mass is 9.79. The van der Waals surface area contributed by atoms with Crippen LogP contribution in [-0.4, -0.2) is 35.6 Å². The maximum atomic E-state index is 3.77. The molecule has 120 valence electrons. The molecule has 1 rings (SSSR count). The molecule has 2 unspecified atom stereocenters. The van der Waals surface area contributed by atoms with Gasteiger partial charge in [0.05, 0.1) is 0 Å². The highest BCUT2D eigenvalue weighted by Crippen LogP contribution is 2.34. The molecule has 0 amide bonds.